The molecule has 0 saturated heterocycles. The minimum Gasteiger partial charge on any atom is -0.493 e. The van der Waals surface area contributed by atoms with Crippen molar-refractivity contribution in [2.24, 2.45) is 0 Å². The molecule has 1 aromatic rings. The summed E-state index contributed by atoms with van der Waals surface area (Å²) >= 11 is 0. The van der Waals surface area contributed by atoms with Crippen molar-refractivity contribution in [3.05, 3.63) is 24.3 Å². The van der Waals surface area contributed by atoms with Crippen LogP contribution in [-0.4, -0.2) is 42.1 Å². The van der Waals surface area contributed by atoms with Gasteiger partial charge in [0.1, 0.15) is 18.5 Å². The van der Waals surface area contributed by atoms with Gasteiger partial charge in [-0.05, 0) is 12.1 Å². The third kappa shape index (κ3) is 5.51. The first-order valence-corrected chi connectivity index (χ1v) is 5.54. The molecule has 0 aliphatic carbocycles. The average Bonchev–Trinajstić information content (AvgIpc) is 2.36. The van der Waals surface area contributed by atoms with E-state index in [1.807, 2.05) is 0 Å². The lowest BCUT2D eigenvalue weighted by molar-refractivity contribution is -0.147. The molecule has 6 heteroatoms. The van der Waals surface area contributed by atoms with Crippen molar-refractivity contribution in [2.45, 2.75) is 12.5 Å². The third-order valence-corrected chi connectivity index (χ3v) is 2.08. The molecule has 0 aromatic heterocycles. The van der Waals surface area contributed by atoms with Crippen LogP contribution < -0.4 is 10.5 Å². The maximum absolute atomic E-state index is 11.2. The third-order valence-electron chi connectivity index (χ3n) is 2.08. The number of anilines is 1. The molecule has 4 N–H and O–H groups in total. The van der Waals surface area contributed by atoms with Gasteiger partial charge in [0.15, 0.2) is 0 Å². The van der Waals surface area contributed by atoms with E-state index in [1.165, 1.54) is 0 Å². The van der Waals surface area contributed by atoms with Gasteiger partial charge >= 0.3 is 5.97 Å². The highest BCUT2D eigenvalue weighted by Crippen LogP contribution is 2.14. The highest BCUT2D eigenvalue weighted by atomic mass is 16.5. The number of benzene rings is 1. The fourth-order valence-electron chi connectivity index (χ4n) is 1.17. The van der Waals surface area contributed by atoms with Crippen LogP contribution in [0.15, 0.2) is 24.3 Å². The van der Waals surface area contributed by atoms with Gasteiger partial charge in [-0.25, -0.2) is 0 Å². The molecule has 1 aromatic carbocycles. The molecule has 0 amide bonds. The summed E-state index contributed by atoms with van der Waals surface area (Å²) in [6, 6.07) is 6.87. The van der Waals surface area contributed by atoms with Crippen molar-refractivity contribution in [2.75, 3.05) is 25.6 Å². The van der Waals surface area contributed by atoms with E-state index in [4.69, 9.17) is 25.4 Å². The van der Waals surface area contributed by atoms with E-state index in [0.29, 0.717) is 11.4 Å². The molecule has 1 atom stereocenters. The van der Waals surface area contributed by atoms with Crippen LogP contribution in [0, 0.1) is 0 Å². The van der Waals surface area contributed by atoms with Crippen LogP contribution in [0.25, 0.3) is 0 Å². The lowest BCUT2D eigenvalue weighted by Crippen LogP contribution is -2.22. The Kier molecular flexibility index (Phi) is 5.96. The first-order chi connectivity index (χ1) is 8.61. The van der Waals surface area contributed by atoms with E-state index in [9.17, 15) is 4.79 Å². The Labute approximate surface area is 105 Å². The quantitative estimate of drug-likeness (QED) is 0.466. The summed E-state index contributed by atoms with van der Waals surface area (Å²) in [5.74, 6) is 0.0876. The summed E-state index contributed by atoms with van der Waals surface area (Å²) in [5.41, 5.74) is 6.15. The number of esters is 1. The van der Waals surface area contributed by atoms with Gasteiger partial charge in [0.25, 0.3) is 0 Å². The number of hydrogen-bond donors (Lipinski definition) is 3. The number of aliphatic hydroxyl groups is 2. The fourth-order valence-corrected chi connectivity index (χ4v) is 1.17. The van der Waals surface area contributed by atoms with Crippen molar-refractivity contribution in [3.63, 3.8) is 0 Å². The summed E-state index contributed by atoms with van der Waals surface area (Å²) in [7, 11) is 0. The topological polar surface area (TPSA) is 102 Å². The summed E-state index contributed by atoms with van der Waals surface area (Å²) in [6.07, 6.45) is -0.976. The molecular weight excluding hydrogens is 238 g/mol. The molecule has 0 heterocycles. The Bertz CT molecular complexity index is 382. The lowest BCUT2D eigenvalue weighted by Gasteiger charge is -2.09. The van der Waals surface area contributed by atoms with Gasteiger partial charge in [-0.1, -0.05) is 6.07 Å². The van der Waals surface area contributed by atoms with Gasteiger partial charge in [0.05, 0.1) is 19.6 Å². The molecule has 1 unspecified atom stereocenters. The number of nitrogens with two attached hydrogens (primary N) is 1. The maximum Gasteiger partial charge on any atom is 0.309 e. The van der Waals surface area contributed by atoms with Gasteiger partial charge in [-0.15, -0.1) is 0 Å². The molecule has 0 bridgehead atoms. The molecule has 0 aliphatic heterocycles. The van der Waals surface area contributed by atoms with Crippen molar-refractivity contribution in [3.8, 4) is 5.75 Å². The lowest BCUT2D eigenvalue weighted by atomic mass is 10.3. The number of hydrogen-bond acceptors (Lipinski definition) is 6. The summed E-state index contributed by atoms with van der Waals surface area (Å²) in [4.78, 5) is 11.2. The minimum absolute atomic E-state index is 0.0624. The van der Waals surface area contributed by atoms with E-state index in [0.717, 1.165) is 0 Å². The van der Waals surface area contributed by atoms with Crippen LogP contribution in [0.2, 0.25) is 0 Å². The normalized spacial score (nSPS) is 11.9. The Morgan fingerprint density at radius 3 is 2.89 bits per heavy atom. The number of rotatable bonds is 7. The molecule has 1 rings (SSSR count). The molecule has 0 radical (unpaired) electrons. The van der Waals surface area contributed by atoms with Gasteiger partial charge in [0, 0.05) is 11.8 Å². The molecule has 0 spiro atoms. The predicted octanol–water partition coefficient (Wildman–Crippen LogP) is -0.0659. The van der Waals surface area contributed by atoms with Crippen LogP contribution in [0.4, 0.5) is 5.69 Å². The first kappa shape index (κ1) is 14.3. The monoisotopic (exact) mass is 255 g/mol. The van der Waals surface area contributed by atoms with E-state index in [1.54, 1.807) is 24.3 Å². The van der Waals surface area contributed by atoms with Crippen LogP contribution >= 0.6 is 0 Å². The fraction of sp³-hybridized carbons (Fsp3) is 0.417. The Balaban J connectivity index is 2.19. The summed E-state index contributed by atoms with van der Waals surface area (Å²) < 4.78 is 10.0. The van der Waals surface area contributed by atoms with Crippen LogP contribution in [0.3, 0.4) is 0 Å². The largest absolute Gasteiger partial charge is 0.493 e. The van der Waals surface area contributed by atoms with Crippen LogP contribution in [0.5, 0.6) is 5.75 Å². The summed E-state index contributed by atoms with van der Waals surface area (Å²) in [6.45, 7) is -0.488. The molecule has 0 fully saturated rings. The molecule has 0 saturated carbocycles. The average molecular weight is 255 g/mol. The van der Waals surface area contributed by atoms with E-state index in [-0.39, 0.29) is 19.6 Å². The number of carbonyl (C=O) groups excluding carboxylic acids is 1. The highest BCUT2D eigenvalue weighted by molar-refractivity contribution is 5.69. The Morgan fingerprint density at radius 1 is 1.44 bits per heavy atom. The van der Waals surface area contributed by atoms with Gasteiger partial charge in [-0.3, -0.25) is 4.79 Å². The van der Waals surface area contributed by atoms with Gasteiger partial charge < -0.3 is 25.4 Å². The minimum atomic E-state index is -1.04. The van der Waals surface area contributed by atoms with Crippen molar-refractivity contribution in [1.29, 1.82) is 0 Å². The Hall–Kier alpha value is -1.79. The van der Waals surface area contributed by atoms with E-state index >= 15 is 0 Å². The van der Waals surface area contributed by atoms with E-state index < -0.39 is 18.7 Å². The second-order valence-electron chi connectivity index (χ2n) is 3.69. The number of ether oxygens (including phenoxy) is 2. The zero-order valence-corrected chi connectivity index (χ0v) is 9.91. The molecule has 0 aliphatic rings. The van der Waals surface area contributed by atoms with Crippen molar-refractivity contribution < 1.29 is 24.5 Å². The standard InChI is InChI=1S/C12H17NO5/c13-9-2-1-3-11(6-9)17-5-4-12(16)18-8-10(15)7-14/h1-3,6,10,14-15H,4-5,7-8,13H2. The maximum atomic E-state index is 11.2. The number of nitrogen functional groups attached to an aromatic ring is 1. The van der Waals surface area contributed by atoms with Crippen LogP contribution in [0.1, 0.15) is 6.42 Å². The zero-order valence-electron chi connectivity index (χ0n) is 9.91. The van der Waals surface area contributed by atoms with Crippen molar-refractivity contribution >= 4 is 11.7 Å². The second kappa shape index (κ2) is 7.52. The number of carbonyl (C=O) groups is 1. The Morgan fingerprint density at radius 2 is 2.22 bits per heavy atom. The summed E-state index contributed by atoms with van der Waals surface area (Å²) in [5, 5.41) is 17.5. The van der Waals surface area contributed by atoms with Gasteiger partial charge in [0.2, 0.25) is 0 Å². The SMILES string of the molecule is Nc1cccc(OCCC(=O)OCC(O)CO)c1. The van der Waals surface area contributed by atoms with Gasteiger partial charge in [-0.2, -0.15) is 0 Å². The first-order valence-electron chi connectivity index (χ1n) is 5.54. The highest BCUT2D eigenvalue weighted by Gasteiger charge is 2.07. The van der Waals surface area contributed by atoms with E-state index in [2.05, 4.69) is 0 Å². The predicted molar refractivity (Wildman–Crippen MR) is 65.0 cm³/mol. The molecular formula is C12H17NO5. The van der Waals surface area contributed by atoms with Crippen molar-refractivity contribution in [1.82, 2.24) is 0 Å². The van der Waals surface area contributed by atoms with Crippen LogP contribution in [-0.2, 0) is 9.53 Å². The zero-order chi connectivity index (χ0) is 13.4. The number of aliphatic hydroxyl groups excluding tert-OH is 2. The molecule has 6 nitrogen and oxygen atoms in total. The molecule has 18 heavy (non-hydrogen) atoms. The second-order valence-corrected chi connectivity index (χ2v) is 3.69. The molecule has 100 valence electrons. The smallest absolute Gasteiger partial charge is 0.309 e.